The number of rotatable bonds is 3. The average Bonchev–Trinajstić information content (AvgIpc) is 2.30. The molecule has 0 amide bonds. The van der Waals surface area contributed by atoms with Gasteiger partial charge in [0.2, 0.25) is 0 Å². The number of halogens is 1. The average molecular weight is 251 g/mol. The molecule has 92 valence electrons. The lowest BCUT2D eigenvalue weighted by molar-refractivity contribution is -0.0723. The second kappa shape index (κ2) is 4.47. The number of aliphatic hydroxyl groups is 1. The first-order chi connectivity index (χ1) is 8.02. The standard InChI is InChI=1S/C15H19ClO/c1-4-11-9-15(10(2)3,14(11)17)12-5-7-13(16)8-6-12/h4-8,10-11,14,17H,1,9H2,2-3H3/t11-,14+,15+/m1/s1. The van der Waals surface area contributed by atoms with Gasteiger partial charge in [0.25, 0.3) is 0 Å². The Labute approximate surface area is 108 Å². The molecule has 1 aromatic rings. The van der Waals surface area contributed by atoms with Gasteiger partial charge in [-0.2, -0.15) is 0 Å². The summed E-state index contributed by atoms with van der Waals surface area (Å²) in [5.74, 6) is 0.614. The van der Waals surface area contributed by atoms with Gasteiger partial charge in [-0.05, 0) is 30.0 Å². The van der Waals surface area contributed by atoms with Crippen molar-refractivity contribution in [2.45, 2.75) is 31.8 Å². The van der Waals surface area contributed by atoms with Crippen LogP contribution in [0.2, 0.25) is 5.02 Å². The first-order valence-electron chi connectivity index (χ1n) is 6.09. The molecule has 1 nitrogen and oxygen atoms in total. The van der Waals surface area contributed by atoms with Gasteiger partial charge in [0.05, 0.1) is 6.10 Å². The Kier molecular flexibility index (Phi) is 3.33. The topological polar surface area (TPSA) is 20.2 Å². The molecule has 1 saturated carbocycles. The van der Waals surface area contributed by atoms with Crippen molar-refractivity contribution in [3.63, 3.8) is 0 Å². The molecule has 0 aliphatic heterocycles. The second-order valence-electron chi connectivity index (χ2n) is 5.25. The van der Waals surface area contributed by atoms with Crippen molar-refractivity contribution in [1.29, 1.82) is 0 Å². The van der Waals surface area contributed by atoms with E-state index < -0.39 is 0 Å². The Morgan fingerprint density at radius 1 is 1.41 bits per heavy atom. The summed E-state index contributed by atoms with van der Waals surface area (Å²) in [5.41, 5.74) is 1.05. The highest BCUT2D eigenvalue weighted by atomic mass is 35.5. The summed E-state index contributed by atoms with van der Waals surface area (Å²) in [6.07, 6.45) is 2.50. The Morgan fingerprint density at radius 3 is 2.41 bits per heavy atom. The molecule has 0 heterocycles. The van der Waals surface area contributed by atoms with E-state index in [1.807, 2.05) is 30.3 Å². The maximum absolute atomic E-state index is 10.4. The van der Waals surface area contributed by atoms with E-state index in [2.05, 4.69) is 20.4 Å². The maximum atomic E-state index is 10.4. The normalized spacial score (nSPS) is 32.3. The molecule has 17 heavy (non-hydrogen) atoms. The molecule has 2 rings (SSSR count). The zero-order valence-corrected chi connectivity index (χ0v) is 11.1. The van der Waals surface area contributed by atoms with E-state index in [1.165, 1.54) is 5.56 Å². The summed E-state index contributed by atoms with van der Waals surface area (Å²) in [5, 5.41) is 11.1. The van der Waals surface area contributed by atoms with Crippen molar-refractivity contribution in [2.75, 3.05) is 0 Å². The molecule has 1 fully saturated rings. The van der Waals surface area contributed by atoms with E-state index in [1.54, 1.807) is 0 Å². The fourth-order valence-electron chi connectivity index (χ4n) is 3.02. The Balaban J connectivity index is 2.37. The van der Waals surface area contributed by atoms with Crippen LogP contribution >= 0.6 is 11.6 Å². The van der Waals surface area contributed by atoms with Gasteiger partial charge in [0.15, 0.2) is 0 Å². The van der Waals surface area contributed by atoms with Crippen molar-refractivity contribution in [1.82, 2.24) is 0 Å². The molecule has 0 bridgehead atoms. The molecule has 1 aromatic carbocycles. The van der Waals surface area contributed by atoms with E-state index in [0.29, 0.717) is 5.92 Å². The molecule has 0 saturated heterocycles. The lowest BCUT2D eigenvalue weighted by Crippen LogP contribution is -2.58. The van der Waals surface area contributed by atoms with Crippen molar-refractivity contribution in [2.24, 2.45) is 11.8 Å². The van der Waals surface area contributed by atoms with Gasteiger partial charge in [-0.1, -0.05) is 43.7 Å². The minimum Gasteiger partial charge on any atom is -0.392 e. The third kappa shape index (κ3) is 1.82. The number of hydrogen-bond acceptors (Lipinski definition) is 1. The predicted octanol–water partition coefficient (Wildman–Crippen LogP) is 3.80. The van der Waals surface area contributed by atoms with E-state index in [4.69, 9.17) is 11.6 Å². The smallest absolute Gasteiger partial charge is 0.0702 e. The van der Waals surface area contributed by atoms with E-state index in [9.17, 15) is 5.11 Å². The quantitative estimate of drug-likeness (QED) is 0.809. The second-order valence-corrected chi connectivity index (χ2v) is 5.69. The van der Waals surface area contributed by atoms with Crippen LogP contribution in [0, 0.1) is 11.8 Å². The zero-order valence-electron chi connectivity index (χ0n) is 10.4. The molecule has 0 aromatic heterocycles. The summed E-state index contributed by atoms with van der Waals surface area (Å²) in [6.45, 7) is 8.11. The summed E-state index contributed by atoms with van der Waals surface area (Å²) in [7, 11) is 0. The summed E-state index contributed by atoms with van der Waals surface area (Å²) in [4.78, 5) is 0. The van der Waals surface area contributed by atoms with E-state index in [-0.39, 0.29) is 17.4 Å². The first-order valence-corrected chi connectivity index (χ1v) is 6.47. The van der Waals surface area contributed by atoms with Crippen LogP contribution in [-0.4, -0.2) is 11.2 Å². The van der Waals surface area contributed by atoms with Crippen LogP contribution in [-0.2, 0) is 5.41 Å². The summed E-state index contributed by atoms with van der Waals surface area (Å²) in [6, 6.07) is 7.86. The number of benzene rings is 1. The van der Waals surface area contributed by atoms with Gasteiger partial charge >= 0.3 is 0 Å². The summed E-state index contributed by atoms with van der Waals surface area (Å²) < 4.78 is 0. The molecule has 1 aliphatic rings. The molecular weight excluding hydrogens is 232 g/mol. The molecular formula is C15H19ClO. The van der Waals surface area contributed by atoms with Gasteiger partial charge in [-0.3, -0.25) is 0 Å². The van der Waals surface area contributed by atoms with Crippen LogP contribution < -0.4 is 0 Å². The van der Waals surface area contributed by atoms with Crippen molar-refractivity contribution in [3.8, 4) is 0 Å². The van der Waals surface area contributed by atoms with Crippen molar-refractivity contribution in [3.05, 3.63) is 47.5 Å². The number of aliphatic hydroxyl groups excluding tert-OH is 1. The first kappa shape index (κ1) is 12.7. The predicted molar refractivity (Wildman–Crippen MR) is 72.3 cm³/mol. The van der Waals surface area contributed by atoms with Crippen LogP contribution in [0.4, 0.5) is 0 Å². The third-order valence-corrected chi connectivity index (χ3v) is 4.47. The minimum atomic E-state index is -0.332. The lowest BCUT2D eigenvalue weighted by atomic mass is 9.51. The van der Waals surface area contributed by atoms with Gasteiger partial charge in [-0.25, -0.2) is 0 Å². The molecule has 0 spiro atoms. The Morgan fingerprint density at radius 2 is 2.00 bits per heavy atom. The molecule has 0 radical (unpaired) electrons. The van der Waals surface area contributed by atoms with Gasteiger partial charge in [0, 0.05) is 16.4 Å². The Hall–Kier alpha value is -0.790. The van der Waals surface area contributed by atoms with Crippen LogP contribution in [0.25, 0.3) is 0 Å². The lowest BCUT2D eigenvalue weighted by Gasteiger charge is -2.55. The Bertz CT molecular complexity index is 409. The highest BCUT2D eigenvalue weighted by Gasteiger charge is 2.54. The molecule has 0 unspecified atom stereocenters. The van der Waals surface area contributed by atoms with E-state index >= 15 is 0 Å². The molecule has 1 aliphatic carbocycles. The maximum Gasteiger partial charge on any atom is 0.0702 e. The van der Waals surface area contributed by atoms with Crippen molar-refractivity contribution >= 4 is 11.6 Å². The zero-order chi connectivity index (χ0) is 12.6. The highest BCUT2D eigenvalue weighted by molar-refractivity contribution is 6.30. The number of hydrogen-bond donors (Lipinski definition) is 1. The van der Waals surface area contributed by atoms with Crippen LogP contribution in [0.5, 0.6) is 0 Å². The fraction of sp³-hybridized carbons (Fsp3) is 0.467. The SMILES string of the molecule is C=C[C@@H]1C[C@@](c2ccc(Cl)cc2)(C(C)C)[C@H]1O. The molecule has 3 atom stereocenters. The van der Waals surface area contributed by atoms with Crippen LogP contribution in [0.1, 0.15) is 25.8 Å². The van der Waals surface area contributed by atoms with Crippen molar-refractivity contribution < 1.29 is 5.11 Å². The van der Waals surface area contributed by atoms with Gasteiger partial charge in [-0.15, -0.1) is 6.58 Å². The van der Waals surface area contributed by atoms with E-state index in [0.717, 1.165) is 11.4 Å². The van der Waals surface area contributed by atoms with Crippen LogP contribution in [0.15, 0.2) is 36.9 Å². The van der Waals surface area contributed by atoms with Gasteiger partial charge in [0.1, 0.15) is 0 Å². The van der Waals surface area contributed by atoms with Gasteiger partial charge < -0.3 is 5.11 Å². The largest absolute Gasteiger partial charge is 0.392 e. The summed E-state index contributed by atoms with van der Waals surface area (Å²) >= 11 is 5.92. The monoisotopic (exact) mass is 250 g/mol. The molecule has 2 heteroatoms. The minimum absolute atomic E-state index is 0.135. The van der Waals surface area contributed by atoms with Crippen LogP contribution in [0.3, 0.4) is 0 Å². The third-order valence-electron chi connectivity index (χ3n) is 4.22. The highest BCUT2D eigenvalue weighted by Crippen LogP contribution is 2.53. The fourth-order valence-corrected chi connectivity index (χ4v) is 3.14. The molecule has 1 N–H and O–H groups in total.